The molecule has 1 heterocycles. The van der Waals surface area contributed by atoms with Gasteiger partial charge in [-0.1, -0.05) is 18.9 Å². The Morgan fingerprint density at radius 2 is 2.00 bits per heavy atom. The third-order valence-electron chi connectivity index (χ3n) is 5.87. The van der Waals surface area contributed by atoms with Crippen LogP contribution in [0.5, 0.6) is 0 Å². The fourth-order valence-corrected chi connectivity index (χ4v) is 4.08. The smallest absolute Gasteiger partial charge is 0.250 e. The standard InChI is InChI=1S/C22H38N4O2.HI/c1-4-28-17-14-22(12-5-6-13-22)18-25-21(23-3)24-15-7-8-16-26-19(2)10-9-11-20(26)27;/h9-11H,4-8,12-18H2,1-3H3,(H2,23,24,25);1H. The second-order valence-electron chi connectivity index (χ2n) is 7.87. The van der Waals surface area contributed by atoms with E-state index in [0.29, 0.717) is 5.41 Å². The van der Waals surface area contributed by atoms with Gasteiger partial charge in [0.15, 0.2) is 5.96 Å². The topological polar surface area (TPSA) is 67.7 Å². The van der Waals surface area contributed by atoms with E-state index in [-0.39, 0.29) is 29.5 Å². The van der Waals surface area contributed by atoms with Crippen LogP contribution in [0.2, 0.25) is 0 Å². The predicted molar refractivity (Wildman–Crippen MR) is 131 cm³/mol. The van der Waals surface area contributed by atoms with Crippen molar-refractivity contribution in [2.24, 2.45) is 10.4 Å². The van der Waals surface area contributed by atoms with Gasteiger partial charge in [-0.15, -0.1) is 24.0 Å². The van der Waals surface area contributed by atoms with E-state index in [9.17, 15) is 4.79 Å². The zero-order valence-electron chi connectivity index (χ0n) is 18.3. The number of ether oxygens (including phenoxy) is 1. The van der Waals surface area contributed by atoms with E-state index in [1.165, 1.54) is 25.7 Å². The molecule has 29 heavy (non-hydrogen) atoms. The summed E-state index contributed by atoms with van der Waals surface area (Å²) in [6, 6.07) is 5.42. The van der Waals surface area contributed by atoms with Crippen LogP contribution in [0.4, 0.5) is 0 Å². The second-order valence-corrected chi connectivity index (χ2v) is 7.87. The number of halogens is 1. The van der Waals surface area contributed by atoms with Gasteiger partial charge in [0, 0.05) is 51.7 Å². The largest absolute Gasteiger partial charge is 0.382 e. The van der Waals surface area contributed by atoms with Crippen LogP contribution in [0.3, 0.4) is 0 Å². The van der Waals surface area contributed by atoms with Crippen LogP contribution < -0.4 is 16.2 Å². The van der Waals surface area contributed by atoms with Gasteiger partial charge in [-0.25, -0.2) is 0 Å². The Bertz CT molecular complexity index is 669. The number of nitrogens with zero attached hydrogens (tertiary/aromatic N) is 2. The van der Waals surface area contributed by atoms with Crippen LogP contribution in [-0.4, -0.2) is 43.9 Å². The molecule has 6 nitrogen and oxygen atoms in total. The van der Waals surface area contributed by atoms with Crippen molar-refractivity contribution in [2.45, 2.75) is 65.3 Å². The number of aromatic nitrogens is 1. The molecule has 0 bridgehead atoms. The monoisotopic (exact) mass is 518 g/mol. The summed E-state index contributed by atoms with van der Waals surface area (Å²) in [5.74, 6) is 0.871. The molecule has 0 radical (unpaired) electrons. The fourth-order valence-electron chi connectivity index (χ4n) is 4.08. The van der Waals surface area contributed by atoms with Gasteiger partial charge in [-0.05, 0) is 57.4 Å². The fraction of sp³-hybridized carbons (Fsp3) is 0.727. The molecule has 7 heteroatoms. The molecule has 0 amide bonds. The average molecular weight is 518 g/mol. The normalized spacial score (nSPS) is 15.8. The Labute approximate surface area is 192 Å². The van der Waals surface area contributed by atoms with Crippen molar-refractivity contribution < 1.29 is 4.74 Å². The summed E-state index contributed by atoms with van der Waals surface area (Å²) < 4.78 is 7.44. The van der Waals surface area contributed by atoms with Crippen molar-refractivity contribution >= 4 is 29.9 Å². The number of hydrogen-bond acceptors (Lipinski definition) is 3. The van der Waals surface area contributed by atoms with E-state index < -0.39 is 0 Å². The third-order valence-corrected chi connectivity index (χ3v) is 5.87. The lowest BCUT2D eigenvalue weighted by Crippen LogP contribution is -2.43. The molecule has 1 aliphatic rings. The van der Waals surface area contributed by atoms with Gasteiger partial charge in [-0.3, -0.25) is 9.79 Å². The molecule has 2 rings (SSSR count). The molecule has 1 aromatic heterocycles. The summed E-state index contributed by atoms with van der Waals surface area (Å²) in [5.41, 5.74) is 1.45. The summed E-state index contributed by atoms with van der Waals surface area (Å²) in [7, 11) is 1.82. The van der Waals surface area contributed by atoms with Crippen molar-refractivity contribution in [3.05, 3.63) is 34.2 Å². The molecule has 1 aromatic rings. The molecule has 2 N–H and O–H groups in total. The lowest BCUT2D eigenvalue weighted by atomic mass is 9.83. The molecule has 166 valence electrons. The Balaban J connectivity index is 0.00000420. The molecule has 0 saturated heterocycles. The Morgan fingerprint density at radius 3 is 2.66 bits per heavy atom. The number of unbranched alkanes of at least 4 members (excludes halogenated alkanes) is 1. The summed E-state index contributed by atoms with van der Waals surface area (Å²) >= 11 is 0. The van der Waals surface area contributed by atoms with E-state index in [1.807, 2.05) is 30.7 Å². The van der Waals surface area contributed by atoms with Gasteiger partial charge in [0.2, 0.25) is 0 Å². The quantitative estimate of drug-likeness (QED) is 0.203. The molecular weight excluding hydrogens is 479 g/mol. The molecule has 1 saturated carbocycles. The lowest BCUT2D eigenvalue weighted by Gasteiger charge is -2.30. The second kappa shape index (κ2) is 14.0. The molecular formula is C22H39IN4O2. The number of rotatable bonds is 11. The molecule has 0 spiro atoms. The number of guanidine groups is 1. The number of nitrogens with one attached hydrogen (secondary N) is 2. The Hall–Kier alpha value is -1.09. The van der Waals surface area contributed by atoms with Gasteiger partial charge in [0.1, 0.15) is 0 Å². The van der Waals surface area contributed by atoms with E-state index in [4.69, 9.17) is 4.74 Å². The maximum Gasteiger partial charge on any atom is 0.250 e. The Morgan fingerprint density at radius 1 is 1.24 bits per heavy atom. The van der Waals surface area contributed by atoms with Crippen molar-refractivity contribution in [1.82, 2.24) is 15.2 Å². The van der Waals surface area contributed by atoms with Crippen LogP contribution in [0, 0.1) is 12.3 Å². The number of aryl methyl sites for hydroxylation is 1. The summed E-state index contributed by atoms with van der Waals surface area (Å²) in [4.78, 5) is 16.3. The maximum absolute atomic E-state index is 11.9. The maximum atomic E-state index is 11.9. The highest BCUT2D eigenvalue weighted by Gasteiger charge is 2.33. The zero-order valence-corrected chi connectivity index (χ0v) is 20.7. The van der Waals surface area contributed by atoms with Gasteiger partial charge in [0.05, 0.1) is 0 Å². The Kier molecular flexibility index (Phi) is 12.5. The molecule has 0 aliphatic heterocycles. The first-order chi connectivity index (χ1) is 13.6. The first-order valence-corrected chi connectivity index (χ1v) is 10.8. The summed E-state index contributed by atoms with van der Waals surface area (Å²) in [5, 5.41) is 6.95. The van der Waals surface area contributed by atoms with Gasteiger partial charge < -0.3 is 19.9 Å². The lowest BCUT2D eigenvalue weighted by molar-refractivity contribution is 0.105. The van der Waals surface area contributed by atoms with E-state index >= 15 is 0 Å². The number of pyridine rings is 1. The summed E-state index contributed by atoms with van der Waals surface area (Å²) in [6.07, 6.45) is 8.26. The van der Waals surface area contributed by atoms with Gasteiger partial charge in [-0.2, -0.15) is 0 Å². The van der Waals surface area contributed by atoms with Crippen LogP contribution >= 0.6 is 24.0 Å². The van der Waals surface area contributed by atoms with Crippen molar-refractivity contribution in [3.63, 3.8) is 0 Å². The highest BCUT2D eigenvalue weighted by atomic mass is 127. The van der Waals surface area contributed by atoms with Crippen LogP contribution in [0.15, 0.2) is 28.0 Å². The van der Waals surface area contributed by atoms with Gasteiger partial charge in [0.25, 0.3) is 5.56 Å². The van der Waals surface area contributed by atoms with Crippen LogP contribution in [-0.2, 0) is 11.3 Å². The minimum Gasteiger partial charge on any atom is -0.382 e. The minimum absolute atomic E-state index is 0. The first kappa shape index (κ1) is 25.9. The van der Waals surface area contributed by atoms with E-state index in [2.05, 4.69) is 22.5 Å². The van der Waals surface area contributed by atoms with Crippen LogP contribution in [0.1, 0.15) is 57.6 Å². The van der Waals surface area contributed by atoms with Crippen molar-refractivity contribution in [2.75, 3.05) is 33.4 Å². The number of hydrogen-bond donors (Lipinski definition) is 2. The SMILES string of the molecule is CCOCCC1(CNC(=NC)NCCCCn2c(C)cccc2=O)CCCC1.I. The highest BCUT2D eigenvalue weighted by molar-refractivity contribution is 14.0. The van der Waals surface area contributed by atoms with Crippen molar-refractivity contribution in [3.8, 4) is 0 Å². The molecule has 0 aromatic carbocycles. The minimum atomic E-state index is 0. The number of aliphatic imine (C=N–C) groups is 1. The van der Waals surface area contributed by atoms with E-state index in [1.54, 1.807) is 6.07 Å². The van der Waals surface area contributed by atoms with E-state index in [0.717, 1.165) is 63.8 Å². The van der Waals surface area contributed by atoms with Crippen molar-refractivity contribution in [1.29, 1.82) is 0 Å². The first-order valence-electron chi connectivity index (χ1n) is 10.8. The third kappa shape index (κ3) is 8.66. The molecule has 1 aliphatic carbocycles. The zero-order chi connectivity index (χ0) is 20.2. The van der Waals surface area contributed by atoms with Crippen LogP contribution in [0.25, 0.3) is 0 Å². The molecule has 0 unspecified atom stereocenters. The molecule has 0 atom stereocenters. The molecule has 1 fully saturated rings. The van der Waals surface area contributed by atoms with Gasteiger partial charge >= 0.3 is 0 Å². The summed E-state index contributed by atoms with van der Waals surface area (Å²) in [6.45, 7) is 8.25. The predicted octanol–water partition coefficient (Wildman–Crippen LogP) is 3.71. The average Bonchev–Trinajstić information content (AvgIpc) is 3.15. The highest BCUT2D eigenvalue weighted by Crippen LogP contribution is 2.40.